The highest BCUT2D eigenvalue weighted by Gasteiger charge is 2.24. The van der Waals surface area contributed by atoms with E-state index in [0.29, 0.717) is 5.69 Å². The van der Waals surface area contributed by atoms with Crippen molar-refractivity contribution in [3.8, 4) is 10.6 Å². The molecule has 3 aromatic rings. The van der Waals surface area contributed by atoms with E-state index >= 15 is 0 Å². The first-order valence-electron chi connectivity index (χ1n) is 9.89. The third kappa shape index (κ3) is 4.37. The summed E-state index contributed by atoms with van der Waals surface area (Å²) >= 11 is 0.965. The number of nitrogens with zero attached hydrogens (tertiary/aromatic N) is 4. The number of hydrogen-bond acceptors (Lipinski definition) is 7. The lowest BCUT2D eigenvalue weighted by Gasteiger charge is -2.24. The Morgan fingerprint density at radius 3 is 2.87 bits per heavy atom. The van der Waals surface area contributed by atoms with Gasteiger partial charge in [-0.3, -0.25) is 9.48 Å². The number of anilines is 3. The Morgan fingerprint density at radius 2 is 2.10 bits per heavy atom. The fraction of sp³-hybridized carbons (Fsp3) is 0.350. The largest absolute Gasteiger partial charge is 0.389 e. The van der Waals surface area contributed by atoms with Crippen LogP contribution < -0.4 is 21.7 Å². The first-order chi connectivity index (χ1) is 14.8. The molecule has 31 heavy (non-hydrogen) atoms. The normalized spacial score (nSPS) is 16.9. The van der Waals surface area contributed by atoms with Gasteiger partial charge in [0.15, 0.2) is 11.5 Å². The maximum absolute atomic E-state index is 14.1. The first kappa shape index (κ1) is 21.2. The molecule has 4 rings (SSSR count). The average Bonchev–Trinajstić information content (AvgIpc) is 3.19. The van der Waals surface area contributed by atoms with Crippen LogP contribution >= 0.6 is 11.3 Å². The summed E-state index contributed by atoms with van der Waals surface area (Å²) in [5, 5.41) is 7.44. The molecule has 0 aliphatic carbocycles. The maximum Gasteiger partial charge on any atom is 0.277 e. The molecule has 2 aromatic heterocycles. The Balaban J connectivity index is 1.58. The molecule has 0 spiro atoms. The highest BCUT2D eigenvalue weighted by atomic mass is 32.1. The molecule has 1 unspecified atom stereocenters. The zero-order valence-electron chi connectivity index (χ0n) is 16.9. The van der Waals surface area contributed by atoms with Crippen LogP contribution in [-0.4, -0.2) is 39.8 Å². The third-order valence-corrected chi connectivity index (χ3v) is 6.18. The van der Waals surface area contributed by atoms with E-state index < -0.39 is 17.5 Å². The van der Waals surface area contributed by atoms with Crippen LogP contribution in [0, 0.1) is 11.6 Å². The summed E-state index contributed by atoms with van der Waals surface area (Å²) in [4.78, 5) is 19.3. The van der Waals surface area contributed by atoms with E-state index in [9.17, 15) is 13.6 Å². The molecular weight excluding hydrogens is 424 g/mol. The minimum absolute atomic E-state index is 0.0172. The number of benzene rings is 1. The molecule has 0 radical (unpaired) electrons. The standard InChI is InChI=1S/C20H23F2N7OS/c1-28-20(29-7-2-3-12(23)6-8-29)15(10-25-28)26-18(30)16-17(24)31-19(27-16)13-5-4-11(21)9-14(13)22/h4-5,9-10,12H,2-3,6-8,23-24H2,1H3,(H,26,30). The van der Waals surface area contributed by atoms with Gasteiger partial charge in [0, 0.05) is 37.8 Å². The number of amides is 1. The van der Waals surface area contributed by atoms with Crippen LogP contribution in [0.3, 0.4) is 0 Å². The van der Waals surface area contributed by atoms with E-state index in [2.05, 4.69) is 20.3 Å². The molecule has 1 aliphatic rings. The van der Waals surface area contributed by atoms with Gasteiger partial charge in [0.1, 0.15) is 27.3 Å². The zero-order chi connectivity index (χ0) is 22.1. The van der Waals surface area contributed by atoms with E-state index in [1.807, 2.05) is 7.05 Å². The number of carbonyl (C=O) groups is 1. The Morgan fingerprint density at radius 1 is 1.29 bits per heavy atom. The number of hydrogen-bond donors (Lipinski definition) is 3. The number of nitrogen functional groups attached to an aromatic ring is 1. The monoisotopic (exact) mass is 447 g/mol. The molecule has 1 saturated heterocycles. The van der Waals surface area contributed by atoms with Gasteiger partial charge in [-0.1, -0.05) is 11.3 Å². The summed E-state index contributed by atoms with van der Waals surface area (Å²) in [6, 6.07) is 3.33. The van der Waals surface area contributed by atoms with Gasteiger partial charge in [-0.2, -0.15) is 5.10 Å². The molecule has 1 aliphatic heterocycles. The van der Waals surface area contributed by atoms with Crippen LogP contribution in [-0.2, 0) is 7.05 Å². The third-order valence-electron chi connectivity index (χ3n) is 5.26. The van der Waals surface area contributed by atoms with Gasteiger partial charge in [-0.25, -0.2) is 13.8 Å². The number of nitrogens with two attached hydrogens (primary N) is 2. The fourth-order valence-corrected chi connectivity index (χ4v) is 4.54. The van der Waals surface area contributed by atoms with Gasteiger partial charge in [0.05, 0.1) is 6.20 Å². The Kier molecular flexibility index (Phi) is 5.88. The van der Waals surface area contributed by atoms with Gasteiger partial charge in [0.25, 0.3) is 5.91 Å². The van der Waals surface area contributed by atoms with Crippen LogP contribution in [0.5, 0.6) is 0 Å². The second kappa shape index (κ2) is 8.60. The predicted octanol–water partition coefficient (Wildman–Crippen LogP) is 2.97. The maximum atomic E-state index is 14.1. The van der Waals surface area contributed by atoms with Crippen molar-refractivity contribution < 1.29 is 13.6 Å². The number of thiazole rings is 1. The molecule has 11 heteroatoms. The SMILES string of the molecule is Cn1ncc(NC(=O)c2nc(-c3ccc(F)cc3F)sc2N)c1N1CCCC(N)CC1. The number of halogens is 2. The van der Waals surface area contributed by atoms with E-state index in [-0.39, 0.29) is 27.3 Å². The highest BCUT2D eigenvalue weighted by molar-refractivity contribution is 7.19. The quantitative estimate of drug-likeness (QED) is 0.566. The van der Waals surface area contributed by atoms with E-state index in [4.69, 9.17) is 11.5 Å². The van der Waals surface area contributed by atoms with Crippen molar-refractivity contribution in [2.75, 3.05) is 29.0 Å². The smallest absolute Gasteiger partial charge is 0.277 e. The second-order valence-corrected chi connectivity index (χ2v) is 8.52. The Hall–Kier alpha value is -3.05. The van der Waals surface area contributed by atoms with Crippen LogP contribution in [0.25, 0.3) is 10.6 Å². The van der Waals surface area contributed by atoms with Crippen LogP contribution in [0.15, 0.2) is 24.4 Å². The average molecular weight is 448 g/mol. The minimum Gasteiger partial charge on any atom is -0.389 e. The lowest BCUT2D eigenvalue weighted by atomic mass is 10.1. The van der Waals surface area contributed by atoms with Crippen molar-refractivity contribution in [1.82, 2.24) is 14.8 Å². The lowest BCUT2D eigenvalue weighted by Crippen LogP contribution is -2.29. The summed E-state index contributed by atoms with van der Waals surface area (Å²) in [5.41, 5.74) is 12.7. The van der Waals surface area contributed by atoms with Crippen molar-refractivity contribution in [2.45, 2.75) is 25.3 Å². The van der Waals surface area contributed by atoms with Gasteiger partial charge < -0.3 is 21.7 Å². The summed E-state index contributed by atoms with van der Waals surface area (Å²) in [5.74, 6) is -1.21. The molecule has 0 bridgehead atoms. The molecule has 1 amide bonds. The fourth-order valence-electron chi connectivity index (χ4n) is 3.68. The molecule has 5 N–H and O–H groups in total. The van der Waals surface area contributed by atoms with Gasteiger partial charge in [-0.15, -0.1) is 0 Å². The Labute approximate surface area is 181 Å². The topological polar surface area (TPSA) is 115 Å². The van der Waals surface area contributed by atoms with Crippen LogP contribution in [0.2, 0.25) is 0 Å². The van der Waals surface area contributed by atoms with Crippen molar-refractivity contribution in [3.63, 3.8) is 0 Å². The van der Waals surface area contributed by atoms with Crippen LogP contribution in [0.1, 0.15) is 29.8 Å². The van der Waals surface area contributed by atoms with Crippen molar-refractivity contribution >= 4 is 33.8 Å². The van der Waals surface area contributed by atoms with E-state index in [0.717, 1.165) is 61.6 Å². The van der Waals surface area contributed by atoms with Gasteiger partial charge >= 0.3 is 0 Å². The second-order valence-electron chi connectivity index (χ2n) is 7.49. The Bertz CT molecular complexity index is 1110. The first-order valence-corrected chi connectivity index (χ1v) is 10.7. The molecule has 164 valence electrons. The minimum atomic E-state index is -0.769. The van der Waals surface area contributed by atoms with E-state index in [1.54, 1.807) is 10.9 Å². The summed E-state index contributed by atoms with van der Waals surface area (Å²) in [7, 11) is 1.81. The molecule has 1 aromatic carbocycles. The van der Waals surface area contributed by atoms with Crippen molar-refractivity contribution in [3.05, 3.63) is 41.7 Å². The summed E-state index contributed by atoms with van der Waals surface area (Å²) < 4.78 is 29.0. The van der Waals surface area contributed by atoms with Crippen molar-refractivity contribution in [2.24, 2.45) is 12.8 Å². The number of nitrogens with one attached hydrogen (secondary N) is 1. The molecule has 8 nitrogen and oxygen atoms in total. The number of aromatic nitrogens is 3. The van der Waals surface area contributed by atoms with Gasteiger partial charge in [0.2, 0.25) is 0 Å². The predicted molar refractivity (Wildman–Crippen MR) is 117 cm³/mol. The number of carbonyl (C=O) groups excluding carboxylic acids is 1. The van der Waals surface area contributed by atoms with E-state index in [1.165, 1.54) is 6.07 Å². The van der Waals surface area contributed by atoms with Crippen molar-refractivity contribution in [1.29, 1.82) is 0 Å². The summed E-state index contributed by atoms with van der Waals surface area (Å²) in [6.07, 6.45) is 4.32. The summed E-state index contributed by atoms with van der Waals surface area (Å²) in [6.45, 7) is 1.57. The molecule has 0 saturated carbocycles. The lowest BCUT2D eigenvalue weighted by molar-refractivity contribution is 0.102. The molecule has 1 atom stereocenters. The molecular formula is C20H23F2N7OS. The highest BCUT2D eigenvalue weighted by Crippen LogP contribution is 2.33. The number of rotatable bonds is 4. The van der Waals surface area contributed by atoms with Crippen LogP contribution in [0.4, 0.5) is 25.3 Å². The molecule has 1 fully saturated rings. The zero-order valence-corrected chi connectivity index (χ0v) is 17.8. The molecule has 3 heterocycles. The van der Waals surface area contributed by atoms with Gasteiger partial charge in [-0.05, 0) is 31.4 Å². The number of aryl methyl sites for hydroxylation is 1.